The van der Waals surface area contributed by atoms with Gasteiger partial charge in [0.05, 0.1) is 10.9 Å². The SMILES string of the molecule is CC[C@H](NC(=O)c1ccc(CN2CCN(S(=O)(=O)c3ccccc3)CC2)cc1)c1ccc(C)cc1. The van der Waals surface area contributed by atoms with Gasteiger partial charge >= 0.3 is 0 Å². The van der Waals surface area contributed by atoms with Crippen LogP contribution in [-0.4, -0.2) is 49.7 Å². The smallest absolute Gasteiger partial charge is 0.251 e. The quantitative estimate of drug-likeness (QED) is 0.508. The van der Waals surface area contributed by atoms with Gasteiger partial charge in [-0.3, -0.25) is 9.69 Å². The minimum Gasteiger partial charge on any atom is -0.345 e. The largest absolute Gasteiger partial charge is 0.345 e. The van der Waals surface area contributed by atoms with Crippen LogP contribution in [0.1, 0.15) is 46.4 Å². The van der Waals surface area contributed by atoms with Crippen LogP contribution in [0.4, 0.5) is 0 Å². The van der Waals surface area contributed by atoms with E-state index >= 15 is 0 Å². The van der Waals surface area contributed by atoms with Gasteiger partial charge in [-0.05, 0) is 48.7 Å². The number of sulfonamides is 1. The Morgan fingerprint density at radius 1 is 0.886 bits per heavy atom. The first-order valence-electron chi connectivity index (χ1n) is 12.1. The Labute approximate surface area is 208 Å². The van der Waals surface area contributed by atoms with Crippen LogP contribution in [0.25, 0.3) is 0 Å². The van der Waals surface area contributed by atoms with E-state index in [2.05, 4.69) is 48.3 Å². The molecule has 1 aliphatic heterocycles. The third-order valence-electron chi connectivity index (χ3n) is 6.53. The Hall–Kier alpha value is -3.00. The summed E-state index contributed by atoms with van der Waals surface area (Å²) in [6.07, 6.45) is 0.818. The van der Waals surface area contributed by atoms with Gasteiger partial charge in [0, 0.05) is 38.3 Å². The summed E-state index contributed by atoms with van der Waals surface area (Å²) in [6, 6.07) is 24.5. The highest BCUT2D eigenvalue weighted by atomic mass is 32.2. The molecule has 4 rings (SSSR count). The summed E-state index contributed by atoms with van der Waals surface area (Å²) in [5.41, 5.74) is 4.05. The molecule has 3 aromatic carbocycles. The van der Waals surface area contributed by atoms with Crippen molar-refractivity contribution in [2.24, 2.45) is 0 Å². The van der Waals surface area contributed by atoms with Crippen molar-refractivity contribution in [1.29, 1.82) is 0 Å². The Balaban J connectivity index is 1.31. The van der Waals surface area contributed by atoms with Crippen LogP contribution in [0.5, 0.6) is 0 Å². The number of nitrogens with one attached hydrogen (secondary N) is 1. The van der Waals surface area contributed by atoms with Crippen LogP contribution in [-0.2, 0) is 16.6 Å². The molecule has 1 fully saturated rings. The third kappa shape index (κ3) is 6.17. The first kappa shape index (κ1) is 25.1. The lowest BCUT2D eigenvalue weighted by Crippen LogP contribution is -2.48. The number of hydrogen-bond donors (Lipinski definition) is 1. The molecule has 1 atom stereocenters. The van der Waals surface area contributed by atoms with Gasteiger partial charge in [-0.1, -0.05) is 67.1 Å². The lowest BCUT2D eigenvalue weighted by atomic mass is 10.0. The molecule has 0 aliphatic carbocycles. The number of amides is 1. The molecule has 1 heterocycles. The van der Waals surface area contributed by atoms with Crippen LogP contribution >= 0.6 is 0 Å². The van der Waals surface area contributed by atoms with Crippen molar-refractivity contribution in [3.8, 4) is 0 Å². The number of hydrogen-bond acceptors (Lipinski definition) is 4. The number of rotatable bonds is 8. The number of carbonyl (C=O) groups excluding carboxylic acids is 1. The lowest BCUT2D eigenvalue weighted by Gasteiger charge is -2.34. The fourth-order valence-electron chi connectivity index (χ4n) is 4.35. The van der Waals surface area contributed by atoms with Crippen LogP contribution < -0.4 is 5.32 Å². The summed E-state index contributed by atoms with van der Waals surface area (Å²) in [5, 5.41) is 3.14. The monoisotopic (exact) mass is 491 g/mol. The van der Waals surface area contributed by atoms with Gasteiger partial charge in [0.1, 0.15) is 0 Å². The molecule has 0 saturated carbocycles. The fourth-order valence-corrected chi connectivity index (χ4v) is 5.79. The van der Waals surface area contributed by atoms with E-state index in [1.54, 1.807) is 28.6 Å². The molecule has 35 heavy (non-hydrogen) atoms. The van der Waals surface area contributed by atoms with Crippen molar-refractivity contribution in [2.75, 3.05) is 26.2 Å². The van der Waals surface area contributed by atoms with E-state index in [0.29, 0.717) is 36.6 Å². The maximum atomic E-state index is 12.8. The number of carbonyl (C=O) groups is 1. The van der Waals surface area contributed by atoms with Crippen molar-refractivity contribution in [1.82, 2.24) is 14.5 Å². The van der Waals surface area contributed by atoms with Crippen LogP contribution in [0.15, 0.2) is 83.8 Å². The van der Waals surface area contributed by atoms with E-state index in [1.807, 2.05) is 30.3 Å². The molecular weight excluding hydrogens is 458 g/mol. The lowest BCUT2D eigenvalue weighted by molar-refractivity contribution is 0.0935. The molecule has 3 aromatic rings. The van der Waals surface area contributed by atoms with E-state index in [1.165, 1.54) is 5.56 Å². The first-order chi connectivity index (χ1) is 16.9. The Morgan fingerprint density at radius 2 is 1.51 bits per heavy atom. The minimum absolute atomic E-state index is 0.0220. The predicted octanol–water partition coefficient (Wildman–Crippen LogP) is 4.38. The molecule has 0 spiro atoms. The summed E-state index contributed by atoms with van der Waals surface area (Å²) in [5.74, 6) is -0.0799. The van der Waals surface area contributed by atoms with Crippen LogP contribution in [0, 0.1) is 6.92 Å². The molecule has 1 saturated heterocycles. The van der Waals surface area contributed by atoms with Gasteiger partial charge in [-0.2, -0.15) is 4.31 Å². The second kappa shape index (κ2) is 11.2. The van der Waals surface area contributed by atoms with Crippen molar-refractivity contribution in [3.05, 3.63) is 101 Å². The molecule has 1 amide bonds. The van der Waals surface area contributed by atoms with Crippen molar-refractivity contribution in [2.45, 2.75) is 37.8 Å². The number of benzene rings is 3. The average Bonchev–Trinajstić information content (AvgIpc) is 2.89. The Bertz CT molecular complexity index is 1220. The summed E-state index contributed by atoms with van der Waals surface area (Å²) in [7, 11) is -3.45. The Kier molecular flexibility index (Phi) is 8.00. The van der Waals surface area contributed by atoms with Crippen molar-refractivity contribution < 1.29 is 13.2 Å². The standard InChI is InChI=1S/C28H33N3O3S/c1-3-27(24-13-9-22(2)10-14-24)29-28(32)25-15-11-23(12-16-25)21-30-17-19-31(20-18-30)35(33,34)26-7-5-4-6-8-26/h4-16,27H,3,17-21H2,1-2H3,(H,29,32)/t27-/m0/s1. The molecule has 0 aromatic heterocycles. The molecule has 1 N–H and O–H groups in total. The normalized spacial score (nSPS) is 16.1. The fraction of sp³-hybridized carbons (Fsp3) is 0.321. The zero-order chi connectivity index (χ0) is 24.8. The number of piperazine rings is 1. The van der Waals surface area contributed by atoms with Gasteiger partial charge < -0.3 is 5.32 Å². The Morgan fingerprint density at radius 3 is 2.11 bits per heavy atom. The van der Waals surface area contributed by atoms with E-state index in [0.717, 1.165) is 24.1 Å². The zero-order valence-corrected chi connectivity index (χ0v) is 21.2. The van der Waals surface area contributed by atoms with Gasteiger partial charge in [0.15, 0.2) is 0 Å². The first-order valence-corrected chi connectivity index (χ1v) is 13.5. The zero-order valence-electron chi connectivity index (χ0n) is 20.4. The number of nitrogens with zero attached hydrogens (tertiary/aromatic N) is 2. The van der Waals surface area contributed by atoms with E-state index in [9.17, 15) is 13.2 Å². The molecule has 7 heteroatoms. The third-order valence-corrected chi connectivity index (χ3v) is 8.44. The highest BCUT2D eigenvalue weighted by Crippen LogP contribution is 2.20. The van der Waals surface area contributed by atoms with E-state index in [-0.39, 0.29) is 11.9 Å². The van der Waals surface area contributed by atoms with Gasteiger partial charge in [0.2, 0.25) is 10.0 Å². The van der Waals surface area contributed by atoms with Gasteiger partial charge in [0.25, 0.3) is 5.91 Å². The van der Waals surface area contributed by atoms with E-state index in [4.69, 9.17) is 0 Å². The highest BCUT2D eigenvalue weighted by molar-refractivity contribution is 7.89. The van der Waals surface area contributed by atoms with Gasteiger partial charge in [-0.25, -0.2) is 8.42 Å². The molecule has 0 bridgehead atoms. The summed E-state index contributed by atoms with van der Waals surface area (Å²) in [4.78, 5) is 15.4. The highest BCUT2D eigenvalue weighted by Gasteiger charge is 2.28. The van der Waals surface area contributed by atoms with Crippen molar-refractivity contribution in [3.63, 3.8) is 0 Å². The average molecular weight is 492 g/mol. The molecular formula is C28H33N3O3S. The maximum absolute atomic E-state index is 12.8. The second-order valence-electron chi connectivity index (χ2n) is 9.04. The van der Waals surface area contributed by atoms with Crippen LogP contribution in [0.3, 0.4) is 0 Å². The summed E-state index contributed by atoms with van der Waals surface area (Å²) >= 11 is 0. The minimum atomic E-state index is -3.45. The second-order valence-corrected chi connectivity index (χ2v) is 11.0. The summed E-state index contributed by atoms with van der Waals surface area (Å²) in [6.45, 7) is 7.12. The van der Waals surface area contributed by atoms with Crippen molar-refractivity contribution >= 4 is 15.9 Å². The number of aryl methyl sites for hydroxylation is 1. The molecule has 0 unspecified atom stereocenters. The van der Waals surface area contributed by atoms with Gasteiger partial charge in [-0.15, -0.1) is 0 Å². The van der Waals surface area contributed by atoms with E-state index < -0.39 is 10.0 Å². The maximum Gasteiger partial charge on any atom is 0.251 e. The van der Waals surface area contributed by atoms with Crippen LogP contribution in [0.2, 0.25) is 0 Å². The molecule has 0 radical (unpaired) electrons. The molecule has 184 valence electrons. The molecule has 6 nitrogen and oxygen atoms in total. The topological polar surface area (TPSA) is 69.7 Å². The molecule has 1 aliphatic rings. The predicted molar refractivity (Wildman–Crippen MR) is 139 cm³/mol. The summed E-state index contributed by atoms with van der Waals surface area (Å²) < 4.78 is 27.2.